The van der Waals surface area contributed by atoms with E-state index in [4.69, 9.17) is 10.5 Å². The highest BCUT2D eigenvalue weighted by molar-refractivity contribution is 5.97. The average molecular weight is 264 g/mol. The second kappa shape index (κ2) is 5.13. The molecule has 1 aromatic rings. The van der Waals surface area contributed by atoms with Crippen LogP contribution in [0.2, 0.25) is 0 Å². The molecule has 7 heteroatoms. The van der Waals surface area contributed by atoms with E-state index < -0.39 is 12.0 Å². The number of rotatable bonds is 2. The van der Waals surface area contributed by atoms with Crippen molar-refractivity contribution in [2.45, 2.75) is 13.0 Å². The predicted molar refractivity (Wildman–Crippen MR) is 69.8 cm³/mol. The molecule has 7 nitrogen and oxygen atoms in total. The maximum Gasteiger partial charge on any atom is 0.341 e. The molecular weight excluding hydrogens is 248 g/mol. The van der Waals surface area contributed by atoms with Crippen molar-refractivity contribution in [1.82, 2.24) is 10.3 Å². The van der Waals surface area contributed by atoms with Gasteiger partial charge in [-0.25, -0.2) is 9.78 Å². The first kappa shape index (κ1) is 13.1. The van der Waals surface area contributed by atoms with Gasteiger partial charge >= 0.3 is 5.97 Å². The minimum absolute atomic E-state index is 0.0966. The minimum Gasteiger partial charge on any atom is -0.465 e. The van der Waals surface area contributed by atoms with Crippen LogP contribution in [0.15, 0.2) is 12.3 Å². The molecule has 1 unspecified atom stereocenters. The van der Waals surface area contributed by atoms with Gasteiger partial charge in [0.2, 0.25) is 5.91 Å². The molecule has 1 aliphatic rings. The Kier molecular flexibility index (Phi) is 3.55. The Morgan fingerprint density at radius 2 is 2.37 bits per heavy atom. The molecule has 2 heterocycles. The number of hydrogen-bond donors (Lipinski definition) is 2. The number of hydrogen-bond acceptors (Lipinski definition) is 6. The van der Waals surface area contributed by atoms with Gasteiger partial charge in [-0.05, 0) is 13.0 Å². The van der Waals surface area contributed by atoms with Gasteiger partial charge in [0.05, 0.1) is 19.0 Å². The lowest BCUT2D eigenvalue weighted by molar-refractivity contribution is -0.122. The molecule has 0 aliphatic carbocycles. The predicted octanol–water partition coefficient (Wildman–Crippen LogP) is -0.225. The first-order valence-electron chi connectivity index (χ1n) is 5.92. The standard InChI is InChI=1S/C12H16N4O3/c1-7-11(17)14-3-4-16(7)10-9(12(18)19-2)5-8(13)6-15-10/h5-7H,3-4,13H2,1-2H3,(H,14,17). The van der Waals surface area contributed by atoms with Crippen LogP contribution >= 0.6 is 0 Å². The number of pyridine rings is 1. The Hall–Kier alpha value is -2.31. The van der Waals surface area contributed by atoms with Gasteiger partial charge < -0.3 is 20.7 Å². The topological polar surface area (TPSA) is 97.6 Å². The molecule has 3 N–H and O–H groups in total. The molecule has 1 aromatic heterocycles. The zero-order valence-corrected chi connectivity index (χ0v) is 10.8. The summed E-state index contributed by atoms with van der Waals surface area (Å²) in [5.74, 6) is -0.197. The Morgan fingerprint density at radius 3 is 3.05 bits per heavy atom. The number of ether oxygens (including phenoxy) is 1. The van der Waals surface area contributed by atoms with E-state index in [1.807, 2.05) is 0 Å². The van der Waals surface area contributed by atoms with Gasteiger partial charge in [-0.2, -0.15) is 0 Å². The van der Waals surface area contributed by atoms with Crippen molar-refractivity contribution in [1.29, 1.82) is 0 Å². The molecule has 1 atom stereocenters. The molecule has 1 aliphatic heterocycles. The summed E-state index contributed by atoms with van der Waals surface area (Å²) in [6.07, 6.45) is 1.46. The molecule has 0 spiro atoms. The molecule has 0 bridgehead atoms. The third-order valence-electron chi connectivity index (χ3n) is 3.06. The number of anilines is 2. The van der Waals surface area contributed by atoms with Crippen molar-refractivity contribution in [3.63, 3.8) is 0 Å². The van der Waals surface area contributed by atoms with Crippen LogP contribution in [-0.2, 0) is 9.53 Å². The first-order chi connectivity index (χ1) is 9.04. The molecule has 19 heavy (non-hydrogen) atoms. The van der Waals surface area contributed by atoms with Crippen molar-refractivity contribution >= 4 is 23.4 Å². The SMILES string of the molecule is COC(=O)c1cc(N)cnc1N1CCNC(=O)C1C. The number of nitrogen functional groups attached to an aromatic ring is 1. The molecule has 2 rings (SSSR count). The van der Waals surface area contributed by atoms with Gasteiger partial charge in [0.25, 0.3) is 0 Å². The van der Waals surface area contributed by atoms with Gasteiger partial charge in [-0.15, -0.1) is 0 Å². The summed E-state index contributed by atoms with van der Waals surface area (Å²) in [6.45, 7) is 2.84. The summed E-state index contributed by atoms with van der Waals surface area (Å²) < 4.78 is 4.72. The quantitative estimate of drug-likeness (QED) is 0.716. The summed E-state index contributed by atoms with van der Waals surface area (Å²) in [4.78, 5) is 29.4. The van der Waals surface area contributed by atoms with E-state index in [1.54, 1.807) is 11.8 Å². The fourth-order valence-corrected chi connectivity index (χ4v) is 2.03. The van der Waals surface area contributed by atoms with Gasteiger partial charge in [0.1, 0.15) is 17.4 Å². The average Bonchev–Trinajstić information content (AvgIpc) is 2.41. The first-order valence-corrected chi connectivity index (χ1v) is 5.92. The number of amides is 1. The fraction of sp³-hybridized carbons (Fsp3) is 0.417. The van der Waals surface area contributed by atoms with E-state index in [0.29, 0.717) is 24.6 Å². The van der Waals surface area contributed by atoms with Crippen molar-refractivity contribution < 1.29 is 14.3 Å². The van der Waals surface area contributed by atoms with Crippen LogP contribution in [-0.4, -0.2) is 43.1 Å². The number of aromatic nitrogens is 1. The Bertz CT molecular complexity index is 518. The third-order valence-corrected chi connectivity index (χ3v) is 3.06. The van der Waals surface area contributed by atoms with Crippen LogP contribution in [0.3, 0.4) is 0 Å². The van der Waals surface area contributed by atoms with Crippen LogP contribution in [0.1, 0.15) is 17.3 Å². The number of piperazine rings is 1. The third kappa shape index (κ3) is 2.44. The molecule has 0 saturated carbocycles. The highest BCUT2D eigenvalue weighted by Gasteiger charge is 2.29. The van der Waals surface area contributed by atoms with Crippen LogP contribution in [0.25, 0.3) is 0 Å². The second-order valence-corrected chi connectivity index (χ2v) is 4.29. The van der Waals surface area contributed by atoms with E-state index in [0.717, 1.165) is 0 Å². The molecular formula is C12H16N4O3. The van der Waals surface area contributed by atoms with Crippen LogP contribution in [0.4, 0.5) is 11.5 Å². The van der Waals surface area contributed by atoms with Crippen LogP contribution in [0, 0.1) is 0 Å². The van der Waals surface area contributed by atoms with Gasteiger partial charge in [0, 0.05) is 13.1 Å². The Morgan fingerprint density at radius 1 is 1.63 bits per heavy atom. The molecule has 0 aromatic carbocycles. The van der Waals surface area contributed by atoms with Gasteiger partial charge in [0.15, 0.2) is 0 Å². The Labute approximate surface area is 110 Å². The number of nitrogens with zero attached hydrogens (tertiary/aromatic N) is 2. The summed E-state index contributed by atoms with van der Waals surface area (Å²) in [6, 6.07) is 1.11. The van der Waals surface area contributed by atoms with E-state index in [1.165, 1.54) is 19.4 Å². The number of esters is 1. The maximum absolute atomic E-state index is 11.8. The zero-order chi connectivity index (χ0) is 14.0. The molecule has 1 amide bonds. The van der Waals surface area contributed by atoms with E-state index in [2.05, 4.69) is 10.3 Å². The summed E-state index contributed by atoms with van der Waals surface area (Å²) in [5, 5.41) is 2.76. The number of carbonyl (C=O) groups is 2. The van der Waals surface area contributed by atoms with Crippen molar-refractivity contribution in [3.05, 3.63) is 17.8 Å². The lowest BCUT2D eigenvalue weighted by Gasteiger charge is -2.34. The van der Waals surface area contributed by atoms with E-state index in [-0.39, 0.29) is 11.5 Å². The van der Waals surface area contributed by atoms with Crippen molar-refractivity contribution in [3.8, 4) is 0 Å². The molecule has 102 valence electrons. The smallest absolute Gasteiger partial charge is 0.341 e. The molecule has 1 saturated heterocycles. The monoisotopic (exact) mass is 264 g/mol. The number of methoxy groups -OCH3 is 1. The largest absolute Gasteiger partial charge is 0.465 e. The van der Waals surface area contributed by atoms with Crippen LogP contribution in [0.5, 0.6) is 0 Å². The number of nitrogens with two attached hydrogens (primary N) is 1. The minimum atomic E-state index is -0.520. The van der Waals surface area contributed by atoms with E-state index in [9.17, 15) is 9.59 Å². The highest BCUT2D eigenvalue weighted by Crippen LogP contribution is 2.23. The van der Waals surface area contributed by atoms with Crippen LogP contribution < -0.4 is 16.0 Å². The van der Waals surface area contributed by atoms with Gasteiger partial charge in [-0.1, -0.05) is 0 Å². The number of carbonyl (C=O) groups excluding carboxylic acids is 2. The van der Waals surface area contributed by atoms with Crippen molar-refractivity contribution in [2.24, 2.45) is 0 Å². The summed E-state index contributed by atoms with van der Waals surface area (Å²) in [7, 11) is 1.29. The van der Waals surface area contributed by atoms with Crippen molar-refractivity contribution in [2.75, 3.05) is 30.8 Å². The molecule has 1 fully saturated rings. The summed E-state index contributed by atoms with van der Waals surface area (Å²) in [5.41, 5.74) is 6.28. The van der Waals surface area contributed by atoms with Gasteiger partial charge in [-0.3, -0.25) is 4.79 Å². The normalized spacial score (nSPS) is 18.9. The zero-order valence-electron chi connectivity index (χ0n) is 10.8. The number of nitrogens with one attached hydrogen (secondary N) is 1. The van der Waals surface area contributed by atoms with E-state index >= 15 is 0 Å². The lowest BCUT2D eigenvalue weighted by Crippen LogP contribution is -2.54. The lowest BCUT2D eigenvalue weighted by atomic mass is 10.1. The fourth-order valence-electron chi connectivity index (χ4n) is 2.03. The second-order valence-electron chi connectivity index (χ2n) is 4.29. The summed E-state index contributed by atoms with van der Waals surface area (Å²) >= 11 is 0. The maximum atomic E-state index is 11.8. The Balaban J connectivity index is 2.43. The highest BCUT2D eigenvalue weighted by atomic mass is 16.5. The molecule has 0 radical (unpaired) electrons.